The van der Waals surface area contributed by atoms with Crippen molar-refractivity contribution in [3.63, 3.8) is 0 Å². The fourth-order valence-corrected chi connectivity index (χ4v) is 2.67. The second-order valence-electron chi connectivity index (χ2n) is 3.90. The Morgan fingerprint density at radius 3 is 2.76 bits per heavy atom. The van der Waals surface area contributed by atoms with Crippen LogP contribution in [0.1, 0.15) is 5.56 Å². The normalized spacial score (nSPS) is 10.8. The molecule has 0 amide bonds. The van der Waals surface area contributed by atoms with Gasteiger partial charge in [-0.2, -0.15) is 11.8 Å². The first-order valence-electron chi connectivity index (χ1n) is 5.16. The van der Waals surface area contributed by atoms with Gasteiger partial charge < -0.3 is 4.90 Å². The van der Waals surface area contributed by atoms with Crippen LogP contribution >= 0.6 is 27.7 Å². The van der Waals surface area contributed by atoms with Gasteiger partial charge in [0, 0.05) is 24.1 Å². The van der Waals surface area contributed by atoms with Crippen LogP contribution in [0.25, 0.3) is 0 Å². The highest BCUT2D eigenvalue weighted by Gasteiger charge is 2.11. The first-order chi connectivity index (χ1) is 8.00. The van der Waals surface area contributed by atoms with Gasteiger partial charge in [-0.1, -0.05) is 6.07 Å². The summed E-state index contributed by atoms with van der Waals surface area (Å²) in [6, 6.07) is 5.28. The van der Waals surface area contributed by atoms with Gasteiger partial charge in [-0.25, -0.2) is 0 Å². The molecular formula is C11H15BrN2O2S. The topological polar surface area (TPSA) is 46.4 Å². The molecule has 1 aromatic rings. The molecule has 0 aliphatic rings. The lowest BCUT2D eigenvalue weighted by atomic mass is 10.2. The summed E-state index contributed by atoms with van der Waals surface area (Å²) in [5.74, 6) is 1.83. The minimum Gasteiger partial charge on any atom is -0.309 e. The van der Waals surface area contributed by atoms with Crippen LogP contribution in [-0.4, -0.2) is 36.2 Å². The molecule has 0 heterocycles. The fourth-order valence-electron chi connectivity index (χ4n) is 1.23. The molecular weight excluding hydrogens is 304 g/mol. The molecule has 0 atom stereocenters. The maximum absolute atomic E-state index is 10.8. The molecule has 0 bridgehead atoms. The highest BCUT2D eigenvalue weighted by Crippen LogP contribution is 2.27. The van der Waals surface area contributed by atoms with E-state index in [-0.39, 0.29) is 10.6 Å². The van der Waals surface area contributed by atoms with Crippen LogP contribution in [0.5, 0.6) is 0 Å². The summed E-state index contributed by atoms with van der Waals surface area (Å²) in [5.41, 5.74) is 1.12. The van der Waals surface area contributed by atoms with Crippen molar-refractivity contribution in [2.45, 2.75) is 5.75 Å². The minimum atomic E-state index is -0.363. The Bertz CT molecular complexity index is 399. The molecule has 6 heteroatoms. The lowest BCUT2D eigenvalue weighted by Crippen LogP contribution is -2.14. The molecule has 0 saturated heterocycles. The van der Waals surface area contributed by atoms with Crippen molar-refractivity contribution in [3.05, 3.63) is 38.3 Å². The first-order valence-corrected chi connectivity index (χ1v) is 7.11. The number of halogens is 1. The van der Waals surface area contributed by atoms with E-state index in [0.717, 1.165) is 23.6 Å². The number of rotatable bonds is 6. The monoisotopic (exact) mass is 318 g/mol. The van der Waals surface area contributed by atoms with Crippen molar-refractivity contribution in [3.8, 4) is 0 Å². The highest BCUT2D eigenvalue weighted by molar-refractivity contribution is 9.10. The van der Waals surface area contributed by atoms with E-state index in [1.165, 1.54) is 0 Å². The predicted octanol–water partition coefficient (Wildman–Crippen LogP) is 3.15. The van der Waals surface area contributed by atoms with E-state index in [0.29, 0.717) is 4.47 Å². The number of nitro groups is 1. The molecule has 1 aromatic carbocycles. The van der Waals surface area contributed by atoms with Crippen molar-refractivity contribution in [1.82, 2.24) is 4.90 Å². The zero-order valence-electron chi connectivity index (χ0n) is 9.85. The lowest BCUT2D eigenvalue weighted by Gasteiger charge is -2.08. The Labute approximate surface area is 114 Å². The zero-order valence-corrected chi connectivity index (χ0v) is 12.3. The third-order valence-corrected chi connectivity index (χ3v) is 3.84. The third kappa shape index (κ3) is 5.06. The maximum atomic E-state index is 10.8. The van der Waals surface area contributed by atoms with Gasteiger partial charge in [0.15, 0.2) is 0 Å². The molecule has 0 fully saturated rings. The van der Waals surface area contributed by atoms with Gasteiger partial charge in [0.1, 0.15) is 0 Å². The summed E-state index contributed by atoms with van der Waals surface area (Å²) in [5, 5.41) is 10.8. The smallest absolute Gasteiger partial charge is 0.283 e. The largest absolute Gasteiger partial charge is 0.309 e. The summed E-state index contributed by atoms with van der Waals surface area (Å²) in [6.45, 7) is 1.02. The van der Waals surface area contributed by atoms with E-state index in [1.807, 2.05) is 20.2 Å². The van der Waals surface area contributed by atoms with Crippen LogP contribution in [0.4, 0.5) is 5.69 Å². The van der Waals surface area contributed by atoms with Crippen LogP contribution in [0, 0.1) is 10.1 Å². The van der Waals surface area contributed by atoms with Crippen LogP contribution in [0.3, 0.4) is 0 Å². The van der Waals surface area contributed by atoms with E-state index < -0.39 is 0 Å². The molecule has 0 unspecified atom stereocenters. The average molecular weight is 319 g/mol. The van der Waals surface area contributed by atoms with Gasteiger partial charge in [0.2, 0.25) is 0 Å². The van der Waals surface area contributed by atoms with Gasteiger partial charge in [-0.05, 0) is 41.7 Å². The molecule has 0 aromatic heterocycles. The van der Waals surface area contributed by atoms with Crippen molar-refractivity contribution in [2.24, 2.45) is 0 Å². The fraction of sp³-hybridized carbons (Fsp3) is 0.455. The molecule has 1 rings (SSSR count). The quantitative estimate of drug-likeness (QED) is 0.459. The van der Waals surface area contributed by atoms with Gasteiger partial charge in [0.25, 0.3) is 5.69 Å². The summed E-state index contributed by atoms with van der Waals surface area (Å²) in [4.78, 5) is 12.5. The Kier molecular flexibility index (Phi) is 5.94. The molecule has 0 N–H and O–H groups in total. The standard InChI is InChI=1S/C11H15BrN2O2S/c1-13(2)5-6-17-8-9-3-4-10(12)11(7-9)14(15)16/h3-4,7H,5-6,8H2,1-2H3. The van der Waals surface area contributed by atoms with Crippen molar-refractivity contribution in [2.75, 3.05) is 26.4 Å². The Hall–Kier alpha value is -0.590. The first kappa shape index (κ1) is 14.5. The SMILES string of the molecule is CN(C)CCSCc1ccc(Br)c([N+](=O)[O-])c1. The van der Waals surface area contributed by atoms with E-state index in [4.69, 9.17) is 0 Å². The van der Waals surface area contributed by atoms with E-state index in [2.05, 4.69) is 20.8 Å². The molecule has 94 valence electrons. The summed E-state index contributed by atoms with van der Waals surface area (Å²) in [6.07, 6.45) is 0. The minimum absolute atomic E-state index is 0.135. The number of benzene rings is 1. The van der Waals surface area contributed by atoms with Crippen LogP contribution < -0.4 is 0 Å². The lowest BCUT2D eigenvalue weighted by molar-refractivity contribution is -0.385. The second-order valence-corrected chi connectivity index (χ2v) is 5.86. The molecule has 17 heavy (non-hydrogen) atoms. The van der Waals surface area contributed by atoms with Gasteiger partial charge >= 0.3 is 0 Å². The number of hydrogen-bond acceptors (Lipinski definition) is 4. The number of nitro benzene ring substituents is 1. The van der Waals surface area contributed by atoms with Crippen LogP contribution in [-0.2, 0) is 5.75 Å². The summed E-state index contributed by atoms with van der Waals surface area (Å²) < 4.78 is 0.532. The van der Waals surface area contributed by atoms with Crippen LogP contribution in [0.2, 0.25) is 0 Å². The Balaban J connectivity index is 2.54. The summed E-state index contributed by atoms with van der Waals surface area (Å²) in [7, 11) is 4.07. The maximum Gasteiger partial charge on any atom is 0.283 e. The van der Waals surface area contributed by atoms with E-state index >= 15 is 0 Å². The van der Waals surface area contributed by atoms with E-state index in [9.17, 15) is 10.1 Å². The van der Waals surface area contributed by atoms with E-state index in [1.54, 1.807) is 23.9 Å². The Morgan fingerprint density at radius 2 is 2.18 bits per heavy atom. The van der Waals surface area contributed by atoms with Crippen LogP contribution in [0.15, 0.2) is 22.7 Å². The molecule has 0 aliphatic heterocycles. The highest BCUT2D eigenvalue weighted by atomic mass is 79.9. The van der Waals surface area contributed by atoms with Crippen molar-refractivity contribution >= 4 is 33.4 Å². The predicted molar refractivity (Wildman–Crippen MR) is 75.5 cm³/mol. The molecule has 0 spiro atoms. The zero-order chi connectivity index (χ0) is 12.8. The Morgan fingerprint density at radius 1 is 1.47 bits per heavy atom. The number of nitrogens with zero attached hydrogens (tertiary/aromatic N) is 2. The molecule has 0 radical (unpaired) electrons. The second kappa shape index (κ2) is 6.98. The summed E-state index contributed by atoms with van der Waals surface area (Å²) >= 11 is 4.96. The number of thioether (sulfide) groups is 1. The number of hydrogen-bond donors (Lipinski definition) is 0. The van der Waals surface area contributed by atoms with Crippen molar-refractivity contribution in [1.29, 1.82) is 0 Å². The average Bonchev–Trinajstić information content (AvgIpc) is 2.25. The molecule has 4 nitrogen and oxygen atoms in total. The molecule has 0 saturated carbocycles. The third-order valence-electron chi connectivity index (χ3n) is 2.16. The van der Waals surface area contributed by atoms with Gasteiger partial charge in [-0.15, -0.1) is 0 Å². The van der Waals surface area contributed by atoms with Gasteiger partial charge in [-0.3, -0.25) is 10.1 Å². The van der Waals surface area contributed by atoms with Gasteiger partial charge in [0.05, 0.1) is 9.40 Å². The molecule has 0 aliphatic carbocycles. The van der Waals surface area contributed by atoms with Crippen molar-refractivity contribution < 1.29 is 4.92 Å².